The molecule has 4 aliphatic rings. The highest BCUT2D eigenvalue weighted by Gasteiger charge is 2.42. The lowest BCUT2D eigenvalue weighted by Crippen LogP contribution is -2.45. The third-order valence-electron chi connectivity index (χ3n) is 6.24. The summed E-state index contributed by atoms with van der Waals surface area (Å²) in [6, 6.07) is -1.75. The van der Waals surface area contributed by atoms with Gasteiger partial charge >= 0.3 is 6.18 Å². The molecule has 0 fully saturated rings. The molecule has 0 aromatic carbocycles. The highest BCUT2D eigenvalue weighted by molar-refractivity contribution is 8.03. The maximum atomic E-state index is 13.2. The number of imide groups is 1. The standard InChI is InChI=1S/C23H27F3N8O4S/c1-12-4-14(6-28-19(12)23(24,25)26)21-31-16(9-39-21)30-17(36)8-32-10-29-20(27-3)18(32)22(37)33(11-35)7-15-5-13(2)34(15)38/h4-6,9,11,19,21,27-29,31H,7-8,10H2,1-3H3,(H,30,36). The number of hydrogen-bond acceptors (Lipinski definition) is 10. The minimum Gasteiger partial charge on any atom is -0.618 e. The van der Waals surface area contributed by atoms with Gasteiger partial charge in [-0.25, -0.2) is 0 Å². The summed E-state index contributed by atoms with van der Waals surface area (Å²) < 4.78 is 39.9. The zero-order valence-electron chi connectivity index (χ0n) is 21.2. The predicted molar refractivity (Wildman–Crippen MR) is 137 cm³/mol. The van der Waals surface area contributed by atoms with E-state index in [0.717, 1.165) is 4.90 Å². The van der Waals surface area contributed by atoms with E-state index in [-0.39, 0.29) is 36.7 Å². The van der Waals surface area contributed by atoms with Gasteiger partial charge in [0.25, 0.3) is 5.91 Å². The third-order valence-corrected chi connectivity index (χ3v) is 7.28. The molecule has 4 aliphatic heterocycles. The van der Waals surface area contributed by atoms with Crippen molar-refractivity contribution in [3.05, 3.63) is 63.1 Å². The van der Waals surface area contributed by atoms with Crippen LogP contribution < -0.4 is 26.6 Å². The average Bonchev–Trinajstić information content (AvgIpc) is 3.51. The van der Waals surface area contributed by atoms with Gasteiger partial charge < -0.3 is 36.7 Å². The highest BCUT2D eigenvalue weighted by Crippen LogP contribution is 2.32. The molecule has 0 spiro atoms. The van der Waals surface area contributed by atoms with E-state index < -0.39 is 29.4 Å². The number of amides is 3. The summed E-state index contributed by atoms with van der Waals surface area (Å²) in [7, 11) is 1.57. The first-order chi connectivity index (χ1) is 18.4. The van der Waals surface area contributed by atoms with Crippen molar-refractivity contribution < 1.29 is 32.3 Å². The molecule has 0 saturated carbocycles. The summed E-state index contributed by atoms with van der Waals surface area (Å²) in [5.41, 5.74) is 1.47. The predicted octanol–water partition coefficient (Wildman–Crippen LogP) is 0.0332. The number of nitrogens with one attached hydrogen (secondary N) is 5. The largest absolute Gasteiger partial charge is 0.618 e. The zero-order chi connectivity index (χ0) is 28.5. The number of carbonyl (C=O) groups is 3. The second-order valence-electron chi connectivity index (χ2n) is 9.03. The van der Waals surface area contributed by atoms with E-state index in [1.54, 1.807) is 25.5 Å². The Morgan fingerprint density at radius 3 is 2.67 bits per heavy atom. The number of nitrogens with zero attached hydrogens (tertiary/aromatic N) is 3. The first-order valence-electron chi connectivity index (χ1n) is 11.7. The minimum absolute atomic E-state index is 0.0525. The summed E-state index contributed by atoms with van der Waals surface area (Å²) in [4.78, 5) is 40.0. The Kier molecular flexibility index (Phi) is 7.85. The van der Waals surface area contributed by atoms with Crippen molar-refractivity contribution in [2.45, 2.75) is 31.4 Å². The van der Waals surface area contributed by atoms with Gasteiger partial charge in [0.1, 0.15) is 35.3 Å². The molecule has 4 heterocycles. The van der Waals surface area contributed by atoms with Gasteiger partial charge in [0.2, 0.25) is 18.0 Å². The Morgan fingerprint density at radius 1 is 1.33 bits per heavy atom. The number of carbonyl (C=O) groups excluding carboxylic acids is 3. The monoisotopic (exact) mass is 568 g/mol. The summed E-state index contributed by atoms with van der Waals surface area (Å²) >= 11 is 1.28. The fraction of sp³-hybridized carbons (Fsp3) is 0.391. The smallest absolute Gasteiger partial charge is 0.412 e. The van der Waals surface area contributed by atoms with Crippen LogP contribution in [0.2, 0.25) is 0 Å². The summed E-state index contributed by atoms with van der Waals surface area (Å²) in [5, 5.41) is 27.0. The van der Waals surface area contributed by atoms with Crippen molar-refractivity contribution in [3.8, 4) is 0 Å². The Labute approximate surface area is 226 Å². The maximum absolute atomic E-state index is 13.2. The van der Waals surface area contributed by atoms with Crippen molar-refractivity contribution in [2.24, 2.45) is 0 Å². The number of thioether (sulfide) groups is 1. The van der Waals surface area contributed by atoms with E-state index >= 15 is 0 Å². The van der Waals surface area contributed by atoms with Gasteiger partial charge in [-0.05, 0) is 12.5 Å². The van der Waals surface area contributed by atoms with Crippen molar-refractivity contribution >= 4 is 35.7 Å². The van der Waals surface area contributed by atoms with Crippen molar-refractivity contribution in [1.29, 1.82) is 0 Å². The van der Waals surface area contributed by atoms with Gasteiger partial charge in [-0.2, -0.15) is 17.9 Å². The van der Waals surface area contributed by atoms with E-state index in [1.807, 2.05) is 0 Å². The lowest BCUT2D eigenvalue weighted by atomic mass is 10.0. The summed E-state index contributed by atoms with van der Waals surface area (Å²) in [5.74, 6) is -0.509. The number of halogens is 3. The molecule has 0 aliphatic carbocycles. The molecule has 4 rings (SSSR count). The molecule has 3 amide bonds. The normalized spacial score (nSPS) is 22.5. The van der Waals surface area contributed by atoms with E-state index in [2.05, 4.69) is 26.6 Å². The Hall–Kier alpha value is -4.08. The third kappa shape index (κ3) is 5.84. The molecule has 0 saturated heterocycles. The van der Waals surface area contributed by atoms with E-state index in [0.29, 0.717) is 34.1 Å². The van der Waals surface area contributed by atoms with Gasteiger partial charge in [-0.3, -0.25) is 19.3 Å². The number of hydrogen-bond donors (Lipinski definition) is 5. The average molecular weight is 569 g/mol. The number of hydroxylamine groups is 1. The van der Waals surface area contributed by atoms with E-state index in [4.69, 9.17) is 0 Å². The van der Waals surface area contributed by atoms with E-state index in [9.17, 15) is 32.8 Å². The first-order valence-corrected chi connectivity index (χ1v) is 12.7. The van der Waals surface area contributed by atoms with Crippen molar-refractivity contribution in [3.63, 3.8) is 0 Å². The molecule has 5 N–H and O–H groups in total. The lowest BCUT2D eigenvalue weighted by Gasteiger charge is -2.27. The molecule has 0 bridgehead atoms. The molecular weight excluding hydrogens is 541 g/mol. The fourth-order valence-electron chi connectivity index (χ4n) is 4.31. The van der Waals surface area contributed by atoms with Gasteiger partial charge in [0.05, 0.1) is 19.3 Å². The van der Waals surface area contributed by atoms with E-state index in [1.165, 1.54) is 35.9 Å². The van der Waals surface area contributed by atoms with Crippen LogP contribution in [-0.4, -0.2) is 82.9 Å². The number of alkyl halides is 3. The SMILES string of the molecule is CNC1=C(C(=O)N(C=O)CC2=[N+]([O-])C(C)=C2)N(CC(=O)NC2=CSC(C3=CNC(C(F)(F)F)C(C)=C3)N2)CN1. The van der Waals surface area contributed by atoms with Gasteiger partial charge in [0, 0.05) is 31.2 Å². The maximum Gasteiger partial charge on any atom is 0.412 e. The van der Waals surface area contributed by atoms with Crippen LogP contribution in [0.1, 0.15) is 13.8 Å². The van der Waals surface area contributed by atoms with Gasteiger partial charge in [-0.1, -0.05) is 6.08 Å². The summed E-state index contributed by atoms with van der Waals surface area (Å²) in [6.45, 7) is 2.63. The molecule has 0 radical (unpaired) electrons. The quantitative estimate of drug-likeness (QED) is 0.147. The first kappa shape index (κ1) is 27.9. The van der Waals surface area contributed by atoms with Crippen LogP contribution in [0.5, 0.6) is 0 Å². The molecular formula is C23H27F3N8O4S. The van der Waals surface area contributed by atoms with Crippen LogP contribution in [0.4, 0.5) is 13.2 Å². The zero-order valence-corrected chi connectivity index (χ0v) is 22.0. The number of dihydropyridines is 1. The van der Waals surface area contributed by atoms with Gasteiger partial charge in [0.15, 0.2) is 5.70 Å². The van der Waals surface area contributed by atoms with Crippen LogP contribution in [0.15, 0.2) is 57.9 Å². The van der Waals surface area contributed by atoms with Crippen LogP contribution in [0.3, 0.4) is 0 Å². The second-order valence-corrected chi connectivity index (χ2v) is 10.0. The molecule has 0 aromatic heterocycles. The van der Waals surface area contributed by atoms with Gasteiger partial charge in [-0.15, -0.1) is 11.8 Å². The van der Waals surface area contributed by atoms with Crippen molar-refractivity contribution in [2.75, 3.05) is 26.8 Å². The fourth-order valence-corrected chi connectivity index (χ4v) is 5.20. The molecule has 2 unspecified atom stereocenters. The number of allylic oxidation sites excluding steroid dienone is 1. The van der Waals surface area contributed by atoms with Crippen LogP contribution in [0.25, 0.3) is 0 Å². The van der Waals surface area contributed by atoms with Crippen LogP contribution >= 0.6 is 11.8 Å². The minimum atomic E-state index is -4.41. The Balaban J connectivity index is 1.35. The topological polar surface area (TPSA) is 144 Å². The molecule has 2 atom stereocenters. The molecule has 39 heavy (non-hydrogen) atoms. The Bertz CT molecular complexity index is 1270. The summed E-state index contributed by atoms with van der Waals surface area (Å²) in [6.07, 6.45) is 0.249. The number of rotatable bonds is 9. The van der Waals surface area contributed by atoms with Crippen LogP contribution in [0, 0.1) is 5.21 Å². The van der Waals surface area contributed by atoms with Crippen LogP contribution in [-0.2, 0) is 14.4 Å². The molecule has 16 heteroatoms. The molecule has 210 valence electrons. The van der Waals surface area contributed by atoms with Crippen molar-refractivity contribution in [1.82, 2.24) is 36.4 Å². The molecule has 12 nitrogen and oxygen atoms in total. The Morgan fingerprint density at radius 2 is 2.08 bits per heavy atom. The second kappa shape index (κ2) is 11.0. The molecule has 0 aromatic rings. The highest BCUT2D eigenvalue weighted by atomic mass is 32.2. The lowest BCUT2D eigenvalue weighted by molar-refractivity contribution is -0.414.